The van der Waals surface area contributed by atoms with E-state index >= 15 is 0 Å². The van der Waals surface area contributed by atoms with E-state index in [1.165, 1.54) is 6.07 Å². The van der Waals surface area contributed by atoms with Gasteiger partial charge >= 0.3 is 0 Å². The number of halogens is 1. The van der Waals surface area contributed by atoms with E-state index in [0.717, 1.165) is 0 Å². The van der Waals surface area contributed by atoms with Gasteiger partial charge in [-0.15, -0.1) is 0 Å². The number of hydrogen-bond acceptors (Lipinski definition) is 4. The van der Waals surface area contributed by atoms with Crippen molar-refractivity contribution in [1.29, 1.82) is 0 Å². The minimum absolute atomic E-state index is 0.0479. The molecule has 0 radical (unpaired) electrons. The third-order valence-electron chi connectivity index (χ3n) is 2.31. The van der Waals surface area contributed by atoms with Crippen molar-refractivity contribution in [3.05, 3.63) is 51.6 Å². The zero-order chi connectivity index (χ0) is 12.4. The van der Waals surface area contributed by atoms with Gasteiger partial charge in [0, 0.05) is 29.6 Å². The highest BCUT2D eigenvalue weighted by atomic mass is 35.5. The Hall–Kier alpha value is -2.01. The maximum absolute atomic E-state index is 10.8. The first kappa shape index (κ1) is 11.5. The summed E-state index contributed by atoms with van der Waals surface area (Å²) in [4.78, 5) is 18.3. The molecule has 86 valence electrons. The summed E-state index contributed by atoms with van der Waals surface area (Å²) in [5.74, 6) is 0. The Morgan fingerprint density at radius 2 is 2.24 bits per heavy atom. The molecule has 0 saturated carbocycles. The molecule has 2 aromatic heterocycles. The molecule has 2 aromatic rings. The van der Waals surface area contributed by atoms with Crippen molar-refractivity contribution in [3.8, 4) is 11.1 Å². The highest BCUT2D eigenvalue weighted by Gasteiger charge is 2.16. The van der Waals surface area contributed by atoms with Crippen molar-refractivity contribution in [1.82, 2.24) is 9.97 Å². The van der Waals surface area contributed by atoms with Crippen LogP contribution in [-0.4, -0.2) is 14.9 Å². The number of nitrogens with zero attached hydrogens (tertiary/aromatic N) is 3. The predicted octanol–water partition coefficient (Wildman–Crippen LogP) is 3.01. The van der Waals surface area contributed by atoms with Crippen molar-refractivity contribution in [2.75, 3.05) is 0 Å². The summed E-state index contributed by atoms with van der Waals surface area (Å²) in [6, 6.07) is 4.92. The molecule has 0 aliphatic rings. The SMILES string of the molecule is Cc1nc(Cl)c(-c2cccnc2)cc1[N+](=O)[O-]. The van der Waals surface area contributed by atoms with Crippen LogP contribution in [-0.2, 0) is 0 Å². The summed E-state index contributed by atoms with van der Waals surface area (Å²) in [7, 11) is 0. The summed E-state index contributed by atoms with van der Waals surface area (Å²) < 4.78 is 0. The van der Waals surface area contributed by atoms with Crippen LogP contribution in [0.5, 0.6) is 0 Å². The lowest BCUT2D eigenvalue weighted by Crippen LogP contribution is -1.96. The van der Waals surface area contributed by atoms with E-state index in [-0.39, 0.29) is 10.8 Å². The second-order valence-corrected chi connectivity index (χ2v) is 3.79. The van der Waals surface area contributed by atoms with Crippen LogP contribution in [0.3, 0.4) is 0 Å². The van der Waals surface area contributed by atoms with Gasteiger partial charge in [0.2, 0.25) is 0 Å². The van der Waals surface area contributed by atoms with Crippen molar-refractivity contribution in [3.63, 3.8) is 0 Å². The van der Waals surface area contributed by atoms with E-state index < -0.39 is 4.92 Å². The van der Waals surface area contributed by atoms with Gasteiger partial charge in [0.15, 0.2) is 0 Å². The molecule has 0 unspecified atom stereocenters. The molecule has 0 bridgehead atoms. The summed E-state index contributed by atoms with van der Waals surface area (Å²) in [6.45, 7) is 1.55. The van der Waals surface area contributed by atoms with Gasteiger partial charge in [-0.1, -0.05) is 17.7 Å². The van der Waals surface area contributed by atoms with E-state index in [1.54, 1.807) is 31.5 Å². The number of pyridine rings is 2. The molecule has 2 rings (SSSR count). The normalized spacial score (nSPS) is 10.2. The van der Waals surface area contributed by atoms with Gasteiger partial charge in [-0.2, -0.15) is 0 Å². The zero-order valence-corrected chi connectivity index (χ0v) is 9.68. The fourth-order valence-electron chi connectivity index (χ4n) is 1.47. The molecule has 5 nitrogen and oxygen atoms in total. The molecule has 0 aromatic carbocycles. The predicted molar refractivity (Wildman–Crippen MR) is 63.9 cm³/mol. The largest absolute Gasteiger partial charge is 0.291 e. The topological polar surface area (TPSA) is 68.9 Å². The zero-order valence-electron chi connectivity index (χ0n) is 8.92. The highest BCUT2D eigenvalue weighted by molar-refractivity contribution is 6.32. The third kappa shape index (κ3) is 2.24. The molecule has 0 aliphatic carbocycles. The summed E-state index contributed by atoms with van der Waals surface area (Å²) in [6.07, 6.45) is 3.20. The minimum atomic E-state index is -0.474. The Kier molecular flexibility index (Phi) is 3.01. The van der Waals surface area contributed by atoms with Gasteiger partial charge < -0.3 is 0 Å². The molecule has 0 N–H and O–H groups in total. The standard InChI is InChI=1S/C11H8ClN3O2/c1-7-10(15(16)17)5-9(11(12)14-7)8-3-2-4-13-6-8/h2-6H,1H3. The van der Waals surface area contributed by atoms with Gasteiger partial charge in [0.1, 0.15) is 10.8 Å². The second-order valence-electron chi connectivity index (χ2n) is 3.43. The average Bonchev–Trinajstić information content (AvgIpc) is 2.29. The Bertz CT molecular complexity index is 572. The monoisotopic (exact) mass is 249 g/mol. The van der Waals surface area contributed by atoms with E-state index in [1.807, 2.05) is 0 Å². The lowest BCUT2D eigenvalue weighted by Gasteiger charge is -2.04. The van der Waals surface area contributed by atoms with Gasteiger partial charge in [-0.3, -0.25) is 15.1 Å². The van der Waals surface area contributed by atoms with Crippen LogP contribution >= 0.6 is 11.6 Å². The molecule has 0 fully saturated rings. The minimum Gasteiger partial charge on any atom is -0.264 e. The number of rotatable bonds is 2. The molecule has 0 atom stereocenters. The summed E-state index contributed by atoms with van der Waals surface area (Å²) in [5.41, 5.74) is 1.46. The molecular weight excluding hydrogens is 242 g/mol. The number of hydrogen-bond donors (Lipinski definition) is 0. The fraction of sp³-hybridized carbons (Fsp3) is 0.0909. The van der Waals surface area contributed by atoms with Crippen molar-refractivity contribution >= 4 is 17.3 Å². The van der Waals surface area contributed by atoms with Crippen LogP contribution in [0.2, 0.25) is 5.15 Å². The highest BCUT2D eigenvalue weighted by Crippen LogP contribution is 2.30. The van der Waals surface area contributed by atoms with E-state index in [9.17, 15) is 10.1 Å². The molecule has 0 aliphatic heterocycles. The molecular formula is C11H8ClN3O2. The molecule has 2 heterocycles. The van der Waals surface area contributed by atoms with Crippen LogP contribution in [0.1, 0.15) is 5.69 Å². The summed E-state index contributed by atoms with van der Waals surface area (Å²) >= 11 is 5.98. The summed E-state index contributed by atoms with van der Waals surface area (Å²) in [5, 5.41) is 11.1. The van der Waals surface area contributed by atoms with E-state index in [2.05, 4.69) is 9.97 Å². The fourth-order valence-corrected chi connectivity index (χ4v) is 1.77. The maximum atomic E-state index is 10.8. The van der Waals surface area contributed by atoms with Crippen LogP contribution in [0.4, 0.5) is 5.69 Å². The van der Waals surface area contributed by atoms with Crippen LogP contribution in [0.15, 0.2) is 30.6 Å². The Balaban J connectivity index is 2.63. The first-order valence-electron chi connectivity index (χ1n) is 4.81. The quantitative estimate of drug-likeness (QED) is 0.466. The van der Waals surface area contributed by atoms with E-state index in [4.69, 9.17) is 11.6 Å². The Labute approximate surface area is 102 Å². The molecule has 0 saturated heterocycles. The van der Waals surface area contributed by atoms with E-state index in [0.29, 0.717) is 16.8 Å². The van der Waals surface area contributed by atoms with Gasteiger partial charge in [-0.05, 0) is 13.0 Å². The van der Waals surface area contributed by atoms with Crippen LogP contribution in [0.25, 0.3) is 11.1 Å². The molecule has 6 heteroatoms. The number of aromatic nitrogens is 2. The van der Waals surface area contributed by atoms with Gasteiger partial charge in [-0.25, -0.2) is 4.98 Å². The molecule has 0 spiro atoms. The first-order chi connectivity index (χ1) is 8.09. The smallest absolute Gasteiger partial charge is 0.264 e. The van der Waals surface area contributed by atoms with Crippen LogP contribution < -0.4 is 0 Å². The maximum Gasteiger partial charge on any atom is 0.291 e. The third-order valence-corrected chi connectivity index (χ3v) is 2.60. The molecule has 17 heavy (non-hydrogen) atoms. The number of nitro groups is 1. The molecule has 0 amide bonds. The van der Waals surface area contributed by atoms with Crippen molar-refractivity contribution in [2.45, 2.75) is 6.92 Å². The lowest BCUT2D eigenvalue weighted by atomic mass is 10.1. The Morgan fingerprint density at radius 3 is 2.82 bits per heavy atom. The van der Waals surface area contributed by atoms with Crippen molar-refractivity contribution in [2.24, 2.45) is 0 Å². The average molecular weight is 250 g/mol. The lowest BCUT2D eigenvalue weighted by molar-refractivity contribution is -0.385. The second kappa shape index (κ2) is 4.47. The van der Waals surface area contributed by atoms with Crippen LogP contribution in [0, 0.1) is 17.0 Å². The number of aryl methyl sites for hydroxylation is 1. The van der Waals surface area contributed by atoms with Crippen molar-refractivity contribution < 1.29 is 4.92 Å². The Morgan fingerprint density at radius 1 is 1.47 bits per heavy atom. The van der Waals surface area contributed by atoms with Gasteiger partial charge in [0.25, 0.3) is 5.69 Å². The first-order valence-corrected chi connectivity index (χ1v) is 5.19. The van der Waals surface area contributed by atoms with Gasteiger partial charge in [0.05, 0.1) is 4.92 Å².